The number of aryl methyl sites for hydroxylation is 1. The number of hydrogen-bond acceptors (Lipinski definition) is 3. The number of nitro groups is 1. The van der Waals surface area contributed by atoms with Crippen molar-refractivity contribution in [3.05, 3.63) is 28.0 Å². The second-order valence-electron chi connectivity index (χ2n) is 2.95. The minimum absolute atomic E-state index is 0.0680. The van der Waals surface area contributed by atoms with E-state index in [1.807, 2.05) is 12.2 Å². The van der Waals surface area contributed by atoms with Crippen LogP contribution >= 0.6 is 0 Å². The van der Waals surface area contributed by atoms with E-state index in [9.17, 15) is 10.1 Å². The predicted octanol–water partition coefficient (Wildman–Crippen LogP) is 1.60. The Hall–Kier alpha value is -1.65. The molecule has 0 fully saturated rings. The van der Waals surface area contributed by atoms with Crippen molar-refractivity contribution in [2.45, 2.75) is 19.4 Å². The SMILES string of the molecule is O=[N+]([O-])c1cc2n(n1)CCCC=C2. The lowest BCUT2D eigenvalue weighted by molar-refractivity contribution is -0.389. The highest BCUT2D eigenvalue weighted by molar-refractivity contribution is 5.48. The molecule has 68 valence electrons. The molecule has 1 aromatic rings. The molecular formula is C8H9N3O2. The third kappa shape index (κ3) is 1.44. The maximum Gasteiger partial charge on any atom is 0.390 e. The smallest absolute Gasteiger partial charge is 0.358 e. The van der Waals surface area contributed by atoms with Crippen LogP contribution in [0, 0.1) is 10.1 Å². The summed E-state index contributed by atoms with van der Waals surface area (Å²) in [4.78, 5) is 9.95. The van der Waals surface area contributed by atoms with Crippen LogP contribution in [0.15, 0.2) is 12.1 Å². The average molecular weight is 179 g/mol. The molecule has 0 atom stereocenters. The summed E-state index contributed by atoms with van der Waals surface area (Å²) in [6.07, 6.45) is 5.90. The van der Waals surface area contributed by atoms with Crippen molar-refractivity contribution in [1.29, 1.82) is 0 Å². The van der Waals surface area contributed by atoms with Gasteiger partial charge in [0.2, 0.25) is 0 Å². The van der Waals surface area contributed by atoms with Crippen LogP contribution in [0.2, 0.25) is 0 Å². The Morgan fingerprint density at radius 3 is 3.23 bits per heavy atom. The second kappa shape index (κ2) is 3.01. The van der Waals surface area contributed by atoms with E-state index in [1.165, 1.54) is 6.07 Å². The van der Waals surface area contributed by atoms with Crippen molar-refractivity contribution in [3.8, 4) is 0 Å². The van der Waals surface area contributed by atoms with Crippen molar-refractivity contribution < 1.29 is 4.92 Å². The van der Waals surface area contributed by atoms with E-state index < -0.39 is 4.92 Å². The first-order valence-electron chi connectivity index (χ1n) is 4.16. The van der Waals surface area contributed by atoms with Crippen LogP contribution in [0.4, 0.5) is 5.82 Å². The normalized spacial score (nSPS) is 15.1. The van der Waals surface area contributed by atoms with Crippen molar-refractivity contribution in [3.63, 3.8) is 0 Å². The number of aromatic nitrogens is 2. The Bertz CT molecular complexity index is 367. The van der Waals surface area contributed by atoms with Gasteiger partial charge in [-0.3, -0.25) is 0 Å². The first-order chi connectivity index (χ1) is 6.27. The van der Waals surface area contributed by atoms with E-state index in [-0.39, 0.29) is 5.82 Å². The van der Waals surface area contributed by atoms with Crippen molar-refractivity contribution in [2.24, 2.45) is 0 Å². The van der Waals surface area contributed by atoms with Gasteiger partial charge in [0.05, 0.1) is 23.4 Å². The number of fused-ring (bicyclic) bond motifs is 1. The lowest BCUT2D eigenvalue weighted by Gasteiger charge is -1.92. The van der Waals surface area contributed by atoms with Crippen molar-refractivity contribution in [2.75, 3.05) is 0 Å². The maximum atomic E-state index is 10.4. The third-order valence-corrected chi connectivity index (χ3v) is 2.01. The summed E-state index contributed by atoms with van der Waals surface area (Å²) in [6, 6.07) is 1.50. The van der Waals surface area contributed by atoms with Crippen LogP contribution in [0.5, 0.6) is 0 Å². The van der Waals surface area contributed by atoms with Crippen LogP contribution in [0.3, 0.4) is 0 Å². The van der Waals surface area contributed by atoms with E-state index in [4.69, 9.17) is 0 Å². The lowest BCUT2D eigenvalue weighted by atomic mass is 10.3. The largest absolute Gasteiger partial charge is 0.390 e. The van der Waals surface area contributed by atoms with Crippen LogP contribution in [0.25, 0.3) is 6.08 Å². The van der Waals surface area contributed by atoms with Gasteiger partial charge in [-0.2, -0.15) is 4.68 Å². The molecule has 0 spiro atoms. The summed E-state index contributed by atoms with van der Waals surface area (Å²) >= 11 is 0. The van der Waals surface area contributed by atoms with Gasteiger partial charge < -0.3 is 10.1 Å². The highest BCUT2D eigenvalue weighted by Crippen LogP contribution is 2.17. The molecular weight excluding hydrogens is 170 g/mol. The Balaban J connectivity index is 2.42. The van der Waals surface area contributed by atoms with Crippen LogP contribution in [0.1, 0.15) is 18.5 Å². The van der Waals surface area contributed by atoms with Gasteiger partial charge in [-0.25, -0.2) is 0 Å². The quantitative estimate of drug-likeness (QED) is 0.486. The zero-order valence-electron chi connectivity index (χ0n) is 7.01. The number of allylic oxidation sites excluding steroid dienone is 1. The van der Waals surface area contributed by atoms with Gasteiger partial charge in [0.15, 0.2) is 0 Å². The first kappa shape index (κ1) is 7.97. The third-order valence-electron chi connectivity index (χ3n) is 2.01. The molecule has 0 unspecified atom stereocenters. The van der Waals surface area contributed by atoms with E-state index in [0.717, 1.165) is 25.1 Å². The van der Waals surface area contributed by atoms with E-state index >= 15 is 0 Å². The average Bonchev–Trinajstić information content (AvgIpc) is 2.38. The fourth-order valence-corrected chi connectivity index (χ4v) is 1.38. The van der Waals surface area contributed by atoms with Crippen LogP contribution in [-0.4, -0.2) is 14.7 Å². The molecule has 5 heteroatoms. The van der Waals surface area contributed by atoms with Gasteiger partial charge in [-0.05, 0) is 23.8 Å². The van der Waals surface area contributed by atoms with Gasteiger partial charge in [-0.15, -0.1) is 0 Å². The molecule has 0 N–H and O–H groups in total. The number of nitrogens with zero attached hydrogens (tertiary/aromatic N) is 3. The molecule has 0 radical (unpaired) electrons. The minimum Gasteiger partial charge on any atom is -0.358 e. The van der Waals surface area contributed by atoms with E-state index in [2.05, 4.69) is 5.10 Å². The molecule has 0 saturated heterocycles. The molecule has 1 aliphatic heterocycles. The van der Waals surface area contributed by atoms with Gasteiger partial charge in [0, 0.05) is 0 Å². The highest BCUT2D eigenvalue weighted by Gasteiger charge is 2.16. The summed E-state index contributed by atoms with van der Waals surface area (Å²) in [5.74, 6) is -0.0680. The molecule has 1 aromatic heterocycles. The molecule has 5 nitrogen and oxygen atoms in total. The minimum atomic E-state index is -0.463. The molecule has 0 saturated carbocycles. The fourth-order valence-electron chi connectivity index (χ4n) is 1.38. The Morgan fingerprint density at radius 2 is 2.46 bits per heavy atom. The Morgan fingerprint density at radius 1 is 1.62 bits per heavy atom. The fraction of sp³-hybridized carbons (Fsp3) is 0.375. The van der Waals surface area contributed by atoms with Gasteiger partial charge in [0.25, 0.3) is 0 Å². The zero-order valence-corrected chi connectivity index (χ0v) is 7.01. The summed E-state index contributed by atoms with van der Waals surface area (Å²) in [6.45, 7) is 0.760. The number of rotatable bonds is 1. The van der Waals surface area contributed by atoms with Crippen LogP contribution in [-0.2, 0) is 6.54 Å². The summed E-state index contributed by atoms with van der Waals surface area (Å²) in [5.41, 5.74) is 0.823. The van der Waals surface area contributed by atoms with E-state index in [1.54, 1.807) is 4.68 Å². The molecule has 2 rings (SSSR count). The lowest BCUT2D eigenvalue weighted by Crippen LogP contribution is -2.01. The molecule has 0 bridgehead atoms. The number of hydrogen-bond donors (Lipinski definition) is 0. The zero-order chi connectivity index (χ0) is 9.26. The highest BCUT2D eigenvalue weighted by atomic mass is 16.6. The predicted molar refractivity (Wildman–Crippen MR) is 47.1 cm³/mol. The molecule has 0 aromatic carbocycles. The van der Waals surface area contributed by atoms with Gasteiger partial charge >= 0.3 is 5.82 Å². The molecule has 0 aliphatic carbocycles. The molecule has 2 heterocycles. The summed E-state index contributed by atoms with van der Waals surface area (Å²) in [7, 11) is 0. The van der Waals surface area contributed by atoms with Crippen LogP contribution < -0.4 is 0 Å². The van der Waals surface area contributed by atoms with Gasteiger partial charge in [0.1, 0.15) is 0 Å². The van der Waals surface area contributed by atoms with E-state index in [0.29, 0.717) is 0 Å². The summed E-state index contributed by atoms with van der Waals surface area (Å²) < 4.78 is 1.68. The Labute approximate surface area is 74.8 Å². The topological polar surface area (TPSA) is 61.0 Å². The monoisotopic (exact) mass is 179 g/mol. The Kier molecular flexibility index (Phi) is 1.84. The maximum absolute atomic E-state index is 10.4. The standard InChI is InChI=1S/C8H9N3O2/c12-11(13)8-6-7-4-2-1-3-5-10(7)9-8/h2,4,6H,1,3,5H2. The first-order valence-corrected chi connectivity index (χ1v) is 4.16. The van der Waals surface area contributed by atoms with Gasteiger partial charge in [-0.1, -0.05) is 6.08 Å². The van der Waals surface area contributed by atoms with Crippen molar-refractivity contribution >= 4 is 11.9 Å². The summed E-state index contributed by atoms with van der Waals surface area (Å²) in [5, 5.41) is 14.3. The molecule has 13 heavy (non-hydrogen) atoms. The molecule has 0 amide bonds. The second-order valence-corrected chi connectivity index (χ2v) is 2.95. The van der Waals surface area contributed by atoms with Crippen molar-refractivity contribution in [1.82, 2.24) is 9.78 Å². The molecule has 1 aliphatic rings.